The first-order valence-electron chi connectivity index (χ1n) is 5.38. The van der Waals surface area contributed by atoms with Gasteiger partial charge in [0.25, 0.3) is 5.69 Å². The Morgan fingerprint density at radius 1 is 1.47 bits per heavy atom. The molecular formula is C10H11FN2O5S. The topological polar surface area (TPSA) is 110 Å². The molecule has 0 atom stereocenters. The van der Waals surface area contributed by atoms with Gasteiger partial charge in [0.05, 0.1) is 23.1 Å². The molecule has 1 aliphatic carbocycles. The van der Waals surface area contributed by atoms with E-state index in [1.54, 1.807) is 0 Å². The number of hydrogen-bond donors (Lipinski definition) is 2. The van der Waals surface area contributed by atoms with Crippen LogP contribution in [0.15, 0.2) is 23.1 Å². The van der Waals surface area contributed by atoms with E-state index in [-0.39, 0.29) is 6.61 Å². The summed E-state index contributed by atoms with van der Waals surface area (Å²) >= 11 is 0. The van der Waals surface area contributed by atoms with E-state index in [9.17, 15) is 22.9 Å². The third kappa shape index (κ3) is 2.72. The second kappa shape index (κ2) is 4.51. The number of benzene rings is 1. The molecule has 19 heavy (non-hydrogen) atoms. The van der Waals surface area contributed by atoms with E-state index >= 15 is 0 Å². The molecule has 0 heterocycles. The number of aliphatic hydroxyl groups is 1. The van der Waals surface area contributed by atoms with E-state index in [0.717, 1.165) is 12.1 Å². The van der Waals surface area contributed by atoms with Crippen LogP contribution in [0.25, 0.3) is 0 Å². The van der Waals surface area contributed by atoms with Crippen LogP contribution < -0.4 is 4.72 Å². The molecule has 0 aromatic heterocycles. The van der Waals surface area contributed by atoms with Gasteiger partial charge in [-0.3, -0.25) is 10.1 Å². The zero-order valence-corrected chi connectivity index (χ0v) is 10.5. The molecule has 7 nitrogen and oxygen atoms in total. The van der Waals surface area contributed by atoms with Gasteiger partial charge < -0.3 is 5.11 Å². The number of nitrogens with zero attached hydrogens (tertiary/aromatic N) is 1. The van der Waals surface area contributed by atoms with Gasteiger partial charge in [-0.2, -0.15) is 0 Å². The van der Waals surface area contributed by atoms with Crippen molar-refractivity contribution in [2.75, 3.05) is 6.61 Å². The lowest BCUT2D eigenvalue weighted by Gasteiger charge is -2.14. The van der Waals surface area contributed by atoms with Crippen LogP contribution in [0.4, 0.5) is 10.1 Å². The Balaban J connectivity index is 2.43. The predicted octanol–water partition coefficient (Wildman–Crippen LogP) is 0.537. The van der Waals surface area contributed by atoms with Crippen LogP contribution in [0, 0.1) is 15.9 Å². The van der Waals surface area contributed by atoms with Gasteiger partial charge in [0.1, 0.15) is 5.82 Å². The number of hydrogen-bond acceptors (Lipinski definition) is 5. The van der Waals surface area contributed by atoms with Crippen molar-refractivity contribution >= 4 is 15.7 Å². The largest absolute Gasteiger partial charge is 0.394 e. The molecule has 0 unspecified atom stereocenters. The SMILES string of the molecule is O=[N+]([O-])c1cc(F)ccc1S(=O)(=O)NC1(CO)CC1. The second-order valence-corrected chi connectivity index (χ2v) is 6.06. The molecule has 1 saturated carbocycles. The fraction of sp³-hybridized carbons (Fsp3) is 0.400. The fourth-order valence-electron chi connectivity index (χ4n) is 1.64. The minimum Gasteiger partial charge on any atom is -0.394 e. The third-order valence-corrected chi connectivity index (χ3v) is 4.54. The van der Waals surface area contributed by atoms with E-state index in [0.29, 0.717) is 18.9 Å². The van der Waals surface area contributed by atoms with Gasteiger partial charge in [-0.25, -0.2) is 17.5 Å². The zero-order valence-electron chi connectivity index (χ0n) is 9.67. The van der Waals surface area contributed by atoms with Crippen molar-refractivity contribution in [1.82, 2.24) is 4.72 Å². The van der Waals surface area contributed by atoms with E-state index < -0.39 is 36.9 Å². The van der Waals surface area contributed by atoms with Gasteiger partial charge >= 0.3 is 0 Å². The minimum atomic E-state index is -4.18. The molecule has 1 aliphatic rings. The van der Waals surface area contributed by atoms with Gasteiger partial charge in [0.2, 0.25) is 10.0 Å². The third-order valence-electron chi connectivity index (χ3n) is 2.91. The molecule has 0 amide bonds. The van der Waals surface area contributed by atoms with Gasteiger partial charge in [0.15, 0.2) is 4.90 Å². The van der Waals surface area contributed by atoms with E-state index in [4.69, 9.17) is 5.11 Å². The number of halogens is 1. The number of aliphatic hydroxyl groups excluding tert-OH is 1. The van der Waals surface area contributed by atoms with E-state index in [1.165, 1.54) is 0 Å². The summed E-state index contributed by atoms with van der Waals surface area (Å²) in [6, 6.07) is 2.22. The lowest BCUT2D eigenvalue weighted by molar-refractivity contribution is -0.388. The summed E-state index contributed by atoms with van der Waals surface area (Å²) in [5, 5.41) is 19.8. The standard InChI is InChI=1S/C10H11FN2O5S/c11-7-1-2-9(8(5-7)13(15)16)19(17,18)12-10(6-14)3-4-10/h1-2,5,12,14H,3-4,6H2. The maximum Gasteiger partial charge on any atom is 0.292 e. The summed E-state index contributed by atoms with van der Waals surface area (Å²) in [5.41, 5.74) is -1.78. The van der Waals surface area contributed by atoms with Crippen molar-refractivity contribution < 1.29 is 22.8 Å². The van der Waals surface area contributed by atoms with Crippen LogP contribution in [0.3, 0.4) is 0 Å². The van der Waals surface area contributed by atoms with Crippen LogP contribution in [-0.4, -0.2) is 30.6 Å². The van der Waals surface area contributed by atoms with E-state index in [1.807, 2.05) is 0 Å². The molecular weight excluding hydrogens is 279 g/mol. The van der Waals surface area contributed by atoms with Crippen molar-refractivity contribution in [3.63, 3.8) is 0 Å². The normalized spacial score (nSPS) is 17.2. The maximum atomic E-state index is 13.0. The number of sulfonamides is 1. The van der Waals surface area contributed by atoms with Crippen molar-refractivity contribution in [3.8, 4) is 0 Å². The monoisotopic (exact) mass is 290 g/mol. The van der Waals surface area contributed by atoms with Crippen molar-refractivity contribution in [2.45, 2.75) is 23.3 Å². The molecule has 0 radical (unpaired) electrons. The van der Waals surface area contributed by atoms with Crippen molar-refractivity contribution in [3.05, 3.63) is 34.1 Å². The minimum absolute atomic E-state index is 0.388. The molecule has 0 saturated heterocycles. The summed E-state index contributed by atoms with van der Waals surface area (Å²) in [7, 11) is -4.18. The summed E-state index contributed by atoms with van der Waals surface area (Å²) in [5.74, 6) is -0.894. The van der Waals surface area contributed by atoms with Gasteiger partial charge in [-0.05, 0) is 25.0 Å². The summed E-state index contributed by atoms with van der Waals surface area (Å²) < 4.78 is 39.2. The Morgan fingerprint density at radius 2 is 2.11 bits per heavy atom. The molecule has 2 rings (SSSR count). The average Bonchev–Trinajstić information content (AvgIpc) is 3.08. The molecule has 1 aromatic carbocycles. The second-order valence-electron chi connectivity index (χ2n) is 4.41. The molecule has 0 aliphatic heterocycles. The number of nitro benzene ring substituents is 1. The molecule has 0 spiro atoms. The van der Waals surface area contributed by atoms with Gasteiger partial charge in [0, 0.05) is 0 Å². The lowest BCUT2D eigenvalue weighted by atomic mass is 10.3. The molecule has 1 aromatic rings. The Kier molecular flexibility index (Phi) is 3.29. The summed E-state index contributed by atoms with van der Waals surface area (Å²) in [6.07, 6.45) is 0.912. The highest BCUT2D eigenvalue weighted by Gasteiger charge is 2.46. The molecule has 2 N–H and O–H groups in total. The van der Waals surface area contributed by atoms with Crippen molar-refractivity contribution in [2.24, 2.45) is 0 Å². The highest BCUT2D eigenvalue weighted by atomic mass is 32.2. The van der Waals surface area contributed by atoms with Crippen LogP contribution in [0.2, 0.25) is 0 Å². The molecule has 9 heteroatoms. The van der Waals surface area contributed by atoms with Gasteiger partial charge in [-0.1, -0.05) is 0 Å². The highest BCUT2D eigenvalue weighted by molar-refractivity contribution is 7.89. The first-order chi connectivity index (χ1) is 8.80. The van der Waals surface area contributed by atoms with Gasteiger partial charge in [-0.15, -0.1) is 0 Å². The smallest absolute Gasteiger partial charge is 0.292 e. The summed E-state index contributed by atoms with van der Waals surface area (Å²) in [6.45, 7) is -0.388. The Bertz CT molecular complexity index is 627. The van der Waals surface area contributed by atoms with E-state index in [2.05, 4.69) is 4.72 Å². The van der Waals surface area contributed by atoms with Crippen molar-refractivity contribution in [1.29, 1.82) is 0 Å². The molecule has 104 valence electrons. The summed E-state index contributed by atoms with van der Waals surface area (Å²) in [4.78, 5) is 9.19. The predicted molar refractivity (Wildman–Crippen MR) is 62.4 cm³/mol. The van der Waals surface area contributed by atoms with Crippen LogP contribution in [0.5, 0.6) is 0 Å². The number of nitro groups is 1. The fourth-order valence-corrected chi connectivity index (χ4v) is 3.25. The van der Waals surface area contributed by atoms with Crippen LogP contribution in [-0.2, 0) is 10.0 Å². The Hall–Kier alpha value is -1.58. The van der Waals surface area contributed by atoms with Crippen LogP contribution in [0.1, 0.15) is 12.8 Å². The highest BCUT2D eigenvalue weighted by Crippen LogP contribution is 2.37. The zero-order chi connectivity index (χ0) is 14.3. The Labute approximate surface area is 108 Å². The number of rotatable bonds is 5. The average molecular weight is 290 g/mol. The molecule has 0 bridgehead atoms. The van der Waals surface area contributed by atoms with Crippen LogP contribution >= 0.6 is 0 Å². The maximum absolute atomic E-state index is 13.0. The number of nitrogens with one attached hydrogen (secondary N) is 1. The molecule has 1 fully saturated rings. The Morgan fingerprint density at radius 3 is 2.58 bits per heavy atom. The first kappa shape index (κ1) is 13.8. The lowest BCUT2D eigenvalue weighted by Crippen LogP contribution is -2.39. The quantitative estimate of drug-likeness (QED) is 0.607. The first-order valence-corrected chi connectivity index (χ1v) is 6.87.